The van der Waals surface area contributed by atoms with Crippen LogP contribution in [-0.2, 0) is 19.9 Å². The van der Waals surface area contributed by atoms with Gasteiger partial charge in [0.2, 0.25) is 10.0 Å². The van der Waals surface area contributed by atoms with E-state index in [4.69, 9.17) is 10.9 Å². The zero-order valence-corrected chi connectivity index (χ0v) is 13.8. The van der Waals surface area contributed by atoms with Crippen LogP contribution < -0.4 is 15.8 Å². The van der Waals surface area contributed by atoms with Crippen LogP contribution in [0, 0.1) is 0 Å². The van der Waals surface area contributed by atoms with Gasteiger partial charge < -0.3 is 10.6 Å². The van der Waals surface area contributed by atoms with Crippen LogP contribution in [0.25, 0.3) is 0 Å². The first-order valence-corrected chi connectivity index (χ1v) is 10.7. The number of thioether (sulfide) groups is 1. The molecule has 21 heavy (non-hydrogen) atoms. The lowest BCUT2D eigenvalue weighted by molar-refractivity contribution is 0.584. The van der Waals surface area contributed by atoms with Crippen molar-refractivity contribution >= 4 is 43.0 Å². The van der Waals surface area contributed by atoms with Gasteiger partial charge >= 0.3 is 0 Å². The Morgan fingerprint density at radius 1 is 1.29 bits per heavy atom. The van der Waals surface area contributed by atoms with Gasteiger partial charge in [-0.3, -0.25) is 0 Å². The van der Waals surface area contributed by atoms with Crippen molar-refractivity contribution in [1.82, 2.24) is 0 Å². The van der Waals surface area contributed by atoms with Crippen LogP contribution in [-0.4, -0.2) is 46.5 Å². The molecule has 0 spiro atoms. The summed E-state index contributed by atoms with van der Waals surface area (Å²) in [6.07, 6.45) is 1.16. The summed E-state index contributed by atoms with van der Waals surface area (Å²) in [7, 11) is -7.27. The van der Waals surface area contributed by atoms with E-state index in [9.17, 15) is 16.8 Å². The van der Waals surface area contributed by atoms with Crippen molar-refractivity contribution in [2.45, 2.75) is 10.3 Å². The minimum atomic E-state index is -3.95. The summed E-state index contributed by atoms with van der Waals surface area (Å²) in [6.45, 7) is 0.473. The number of hydrogen-bond acceptors (Lipinski definition) is 7. The van der Waals surface area contributed by atoms with Crippen molar-refractivity contribution in [3.8, 4) is 0 Å². The molecule has 0 amide bonds. The van der Waals surface area contributed by atoms with Crippen LogP contribution in [0.1, 0.15) is 0 Å². The summed E-state index contributed by atoms with van der Waals surface area (Å²) in [5.74, 6) is 1.16. The van der Waals surface area contributed by atoms with Crippen molar-refractivity contribution in [2.75, 3.05) is 34.9 Å². The van der Waals surface area contributed by atoms with Crippen molar-refractivity contribution in [2.24, 2.45) is 5.14 Å². The van der Waals surface area contributed by atoms with Crippen LogP contribution in [0.4, 0.5) is 11.4 Å². The van der Waals surface area contributed by atoms with E-state index in [-0.39, 0.29) is 10.6 Å². The highest BCUT2D eigenvalue weighted by Crippen LogP contribution is 2.34. The van der Waals surface area contributed by atoms with Crippen molar-refractivity contribution in [3.63, 3.8) is 0 Å². The Bertz CT molecular complexity index is 746. The predicted octanol–water partition coefficient (Wildman–Crippen LogP) is -0.160. The minimum Gasteiger partial charge on any atom is -0.396 e. The van der Waals surface area contributed by atoms with Gasteiger partial charge in [0.05, 0.1) is 11.4 Å². The second-order valence-electron chi connectivity index (χ2n) is 4.79. The summed E-state index contributed by atoms with van der Waals surface area (Å²) in [6, 6.07) is 4.42. The molecule has 2 rings (SSSR count). The molecule has 1 aliphatic rings. The third kappa shape index (κ3) is 3.44. The zero-order chi connectivity index (χ0) is 15.8. The fourth-order valence-electron chi connectivity index (χ4n) is 2.24. The first-order chi connectivity index (χ1) is 9.62. The molecule has 0 saturated carbocycles. The Hall–Kier alpha value is -0.970. The molecule has 1 fully saturated rings. The molecule has 1 atom stereocenters. The molecule has 1 saturated heterocycles. The molecule has 4 N–H and O–H groups in total. The average molecular weight is 351 g/mol. The van der Waals surface area contributed by atoms with Crippen LogP contribution in [0.3, 0.4) is 0 Å². The standard InChI is InChI=1S/C11H17N3O4S3/c1-20(15,16)10-7-19-6-5-14(10)8-3-2-4-9(11(8)12)21(13,17)18/h2-4,10H,5-7,12H2,1H3,(H2,13,17,18). The zero-order valence-electron chi connectivity index (χ0n) is 11.4. The largest absolute Gasteiger partial charge is 0.396 e. The number of nitrogens with two attached hydrogens (primary N) is 2. The van der Waals surface area contributed by atoms with Gasteiger partial charge in [-0.15, -0.1) is 0 Å². The lowest BCUT2D eigenvalue weighted by atomic mass is 10.2. The number of anilines is 2. The summed E-state index contributed by atoms with van der Waals surface area (Å²) in [4.78, 5) is 1.45. The highest BCUT2D eigenvalue weighted by atomic mass is 32.2. The maximum atomic E-state index is 11.9. The monoisotopic (exact) mass is 351 g/mol. The fourth-order valence-corrected chi connectivity index (χ4v) is 5.75. The number of nitrogens with zero attached hydrogens (tertiary/aromatic N) is 1. The lowest BCUT2D eigenvalue weighted by Gasteiger charge is -2.36. The van der Waals surface area contributed by atoms with Crippen LogP contribution in [0.2, 0.25) is 0 Å². The van der Waals surface area contributed by atoms with Gasteiger partial charge in [0.15, 0.2) is 9.84 Å². The van der Waals surface area contributed by atoms with E-state index in [0.717, 1.165) is 12.0 Å². The Morgan fingerprint density at radius 2 is 1.95 bits per heavy atom. The Morgan fingerprint density at radius 3 is 2.52 bits per heavy atom. The van der Waals surface area contributed by atoms with Crippen molar-refractivity contribution in [3.05, 3.63) is 18.2 Å². The predicted molar refractivity (Wildman–Crippen MR) is 85.5 cm³/mol. The number of sulfonamides is 1. The van der Waals surface area contributed by atoms with Crippen LogP contribution in [0.15, 0.2) is 23.1 Å². The van der Waals surface area contributed by atoms with E-state index < -0.39 is 25.2 Å². The lowest BCUT2D eigenvalue weighted by Crippen LogP contribution is -2.47. The normalized spacial score (nSPS) is 20.5. The molecule has 1 aliphatic heterocycles. The first kappa shape index (κ1) is 16.4. The van der Waals surface area contributed by atoms with Gasteiger partial charge in [-0.05, 0) is 12.1 Å². The Kier molecular flexibility index (Phi) is 4.43. The Labute approximate surface area is 128 Å². The van der Waals surface area contributed by atoms with E-state index in [1.807, 2.05) is 0 Å². The first-order valence-electron chi connectivity index (χ1n) is 6.07. The van der Waals surface area contributed by atoms with Crippen LogP contribution >= 0.6 is 11.8 Å². The number of benzene rings is 1. The molecular formula is C11H17N3O4S3. The summed E-state index contributed by atoms with van der Waals surface area (Å²) in [5, 5.41) is 4.40. The average Bonchev–Trinajstić information content (AvgIpc) is 2.36. The minimum absolute atomic E-state index is 0.0134. The highest BCUT2D eigenvalue weighted by Gasteiger charge is 2.33. The molecule has 1 aromatic rings. The molecule has 0 radical (unpaired) electrons. The summed E-state index contributed by atoms with van der Waals surface area (Å²) in [5.41, 5.74) is 6.28. The molecule has 0 aliphatic carbocycles. The maximum absolute atomic E-state index is 11.9. The summed E-state index contributed by atoms with van der Waals surface area (Å²) >= 11 is 1.54. The molecular weight excluding hydrogens is 334 g/mol. The topological polar surface area (TPSA) is 124 Å². The molecule has 1 aromatic carbocycles. The SMILES string of the molecule is CS(=O)(=O)C1CSCCN1c1cccc(S(N)(=O)=O)c1N. The van der Waals surface area contributed by atoms with Gasteiger partial charge in [-0.1, -0.05) is 6.07 Å². The number of para-hydroxylation sites is 1. The van der Waals surface area contributed by atoms with Crippen molar-refractivity contribution < 1.29 is 16.8 Å². The number of hydrogen-bond donors (Lipinski definition) is 2. The second kappa shape index (κ2) is 5.67. The molecule has 0 bridgehead atoms. The van der Waals surface area contributed by atoms with Gasteiger partial charge in [0.25, 0.3) is 0 Å². The molecule has 1 unspecified atom stereocenters. The molecule has 7 nitrogen and oxygen atoms in total. The van der Waals surface area contributed by atoms with E-state index in [0.29, 0.717) is 18.0 Å². The van der Waals surface area contributed by atoms with Gasteiger partial charge in [0.1, 0.15) is 10.3 Å². The fraction of sp³-hybridized carbons (Fsp3) is 0.455. The van der Waals surface area contributed by atoms with Gasteiger partial charge in [-0.25, -0.2) is 22.0 Å². The number of primary sulfonamides is 1. The van der Waals surface area contributed by atoms with E-state index >= 15 is 0 Å². The van der Waals surface area contributed by atoms with Gasteiger partial charge in [-0.2, -0.15) is 11.8 Å². The number of rotatable bonds is 3. The summed E-state index contributed by atoms with van der Waals surface area (Å²) < 4.78 is 46.9. The third-order valence-electron chi connectivity index (χ3n) is 3.24. The molecule has 118 valence electrons. The van der Waals surface area contributed by atoms with E-state index in [2.05, 4.69) is 0 Å². The van der Waals surface area contributed by atoms with Crippen molar-refractivity contribution in [1.29, 1.82) is 0 Å². The smallest absolute Gasteiger partial charge is 0.240 e. The quantitative estimate of drug-likeness (QED) is 0.725. The second-order valence-corrected chi connectivity index (χ2v) is 9.67. The Balaban J connectivity index is 2.55. The highest BCUT2D eigenvalue weighted by molar-refractivity contribution is 8.01. The molecule has 10 heteroatoms. The van der Waals surface area contributed by atoms with E-state index in [1.54, 1.807) is 11.0 Å². The number of sulfone groups is 1. The maximum Gasteiger partial charge on any atom is 0.240 e. The van der Waals surface area contributed by atoms with Crippen LogP contribution in [0.5, 0.6) is 0 Å². The number of nitrogen functional groups attached to an aromatic ring is 1. The van der Waals surface area contributed by atoms with Gasteiger partial charge in [0, 0.05) is 24.3 Å². The van der Waals surface area contributed by atoms with E-state index in [1.165, 1.54) is 23.9 Å². The molecule has 1 heterocycles. The third-order valence-corrected chi connectivity index (χ3v) is 6.85. The molecule has 0 aromatic heterocycles.